The van der Waals surface area contributed by atoms with Crippen LogP contribution in [-0.2, 0) is 47.6 Å². The second-order valence-electron chi connectivity index (χ2n) is 10.2. The number of hydrogen-bond donors (Lipinski definition) is 1. The third-order valence-electron chi connectivity index (χ3n) is 7.40. The number of nitrogens with zero attached hydrogens (tertiary/aromatic N) is 3. The minimum absolute atomic E-state index is 0.0717. The van der Waals surface area contributed by atoms with Gasteiger partial charge in [-0.1, -0.05) is 36.4 Å². The van der Waals surface area contributed by atoms with Crippen LogP contribution in [0.4, 0.5) is 26.3 Å². The van der Waals surface area contributed by atoms with Crippen LogP contribution in [0, 0.1) is 0 Å². The molecule has 0 aliphatic carbocycles. The summed E-state index contributed by atoms with van der Waals surface area (Å²) in [5, 5.41) is 0. The molecule has 1 amide bonds. The monoisotopic (exact) mass is 589 g/mol. The molecule has 1 aromatic heterocycles. The predicted molar refractivity (Wildman–Crippen MR) is 144 cm³/mol. The van der Waals surface area contributed by atoms with Crippen molar-refractivity contribution < 1.29 is 35.9 Å². The van der Waals surface area contributed by atoms with Crippen LogP contribution in [0.1, 0.15) is 63.7 Å². The first kappa shape index (κ1) is 31.2. The molecule has 0 saturated carbocycles. The van der Waals surface area contributed by atoms with E-state index in [0.29, 0.717) is 12.1 Å². The minimum atomic E-state index is -4.77. The zero-order chi connectivity index (χ0) is 30.5. The van der Waals surface area contributed by atoms with Crippen molar-refractivity contribution in [2.24, 2.45) is 5.73 Å². The van der Waals surface area contributed by atoms with Gasteiger partial charge in [-0.25, -0.2) is 9.97 Å². The molecule has 0 unspecified atom stereocenters. The van der Waals surface area contributed by atoms with Crippen LogP contribution in [-0.4, -0.2) is 47.4 Å². The van der Waals surface area contributed by atoms with Crippen LogP contribution in [0.15, 0.2) is 48.7 Å². The van der Waals surface area contributed by atoms with E-state index in [-0.39, 0.29) is 41.9 Å². The average Bonchev–Trinajstić information content (AvgIpc) is 2.92. The summed E-state index contributed by atoms with van der Waals surface area (Å²) in [4.78, 5) is 32.2. The number of amides is 1. The van der Waals surface area contributed by atoms with Gasteiger partial charge in [-0.15, -0.1) is 0 Å². The Morgan fingerprint density at radius 1 is 0.976 bits per heavy atom. The largest absolute Gasteiger partial charge is 0.419 e. The lowest BCUT2D eigenvalue weighted by atomic mass is 9.84. The van der Waals surface area contributed by atoms with Gasteiger partial charge in [0, 0.05) is 12.6 Å². The fourth-order valence-corrected chi connectivity index (χ4v) is 5.30. The van der Waals surface area contributed by atoms with E-state index >= 15 is 0 Å². The van der Waals surface area contributed by atoms with E-state index < -0.39 is 35.8 Å². The normalized spacial score (nSPS) is 15.0. The molecule has 1 fully saturated rings. The van der Waals surface area contributed by atoms with Crippen LogP contribution in [0.2, 0.25) is 0 Å². The number of hydrogen-bond acceptors (Lipinski definition) is 5. The summed E-state index contributed by atoms with van der Waals surface area (Å²) in [5.41, 5.74) is 4.35. The van der Waals surface area contributed by atoms with E-state index in [0.717, 1.165) is 55.4 Å². The Balaban J connectivity index is 1.53. The van der Waals surface area contributed by atoms with E-state index in [9.17, 15) is 35.9 Å². The first-order valence-corrected chi connectivity index (χ1v) is 13.3. The SMILES string of the molecule is NC(=O)Cc1c(CCc2nc(Cc3ccc(C4CCN([B]C=O)CC4)cc3)ncc2C(F)(F)F)cccc1C(F)(F)F. The molecule has 0 spiro atoms. The van der Waals surface area contributed by atoms with Crippen molar-refractivity contribution in [3.63, 3.8) is 0 Å². The van der Waals surface area contributed by atoms with Crippen molar-refractivity contribution in [1.29, 1.82) is 0 Å². The summed E-state index contributed by atoms with van der Waals surface area (Å²) in [6.45, 7) is 1.55. The zero-order valence-electron chi connectivity index (χ0n) is 22.5. The van der Waals surface area contributed by atoms with Gasteiger partial charge in [0.25, 0.3) is 7.41 Å². The number of nitrogens with two attached hydrogens (primary N) is 1. The van der Waals surface area contributed by atoms with Crippen molar-refractivity contribution in [2.75, 3.05) is 13.1 Å². The van der Waals surface area contributed by atoms with Crippen molar-refractivity contribution in [3.8, 4) is 0 Å². The summed E-state index contributed by atoms with van der Waals surface area (Å²) in [5.74, 6) is -0.509. The molecule has 42 heavy (non-hydrogen) atoms. The molecule has 0 atom stereocenters. The molecular weight excluding hydrogens is 561 g/mol. The Bertz CT molecular complexity index is 1400. The van der Waals surface area contributed by atoms with E-state index in [1.165, 1.54) is 13.5 Å². The number of carbonyl (C=O) groups is 2. The van der Waals surface area contributed by atoms with Crippen LogP contribution in [0.25, 0.3) is 0 Å². The van der Waals surface area contributed by atoms with Gasteiger partial charge in [-0.05, 0) is 73.0 Å². The average molecular weight is 589 g/mol. The third-order valence-corrected chi connectivity index (χ3v) is 7.40. The van der Waals surface area contributed by atoms with Gasteiger partial charge < -0.3 is 15.3 Å². The molecule has 2 N–H and O–H groups in total. The molecule has 13 heteroatoms. The highest BCUT2D eigenvalue weighted by atomic mass is 19.4. The number of carbonyl (C=O) groups excluding carboxylic acids is 2. The first-order chi connectivity index (χ1) is 19.8. The summed E-state index contributed by atoms with van der Waals surface area (Å²) in [6.07, 6.45) is -7.35. The fraction of sp³-hybridized carbons (Fsp3) is 0.379. The Labute approximate surface area is 239 Å². The summed E-state index contributed by atoms with van der Waals surface area (Å²) in [7, 11) is 1.54. The molecule has 4 rings (SSSR count). The molecule has 6 nitrogen and oxygen atoms in total. The van der Waals surface area contributed by atoms with Crippen molar-refractivity contribution in [1.82, 2.24) is 14.8 Å². The van der Waals surface area contributed by atoms with Crippen molar-refractivity contribution in [3.05, 3.63) is 93.6 Å². The van der Waals surface area contributed by atoms with Gasteiger partial charge in [-0.2, -0.15) is 26.3 Å². The summed E-state index contributed by atoms with van der Waals surface area (Å²) < 4.78 is 82.0. The number of aromatic nitrogens is 2. The van der Waals surface area contributed by atoms with E-state index in [1.54, 1.807) is 0 Å². The minimum Gasteiger partial charge on any atom is -0.369 e. The quantitative estimate of drug-likeness (QED) is 0.207. The smallest absolute Gasteiger partial charge is 0.369 e. The lowest BCUT2D eigenvalue weighted by Gasteiger charge is -2.30. The molecule has 221 valence electrons. The van der Waals surface area contributed by atoms with Crippen LogP contribution < -0.4 is 5.73 Å². The maximum Gasteiger partial charge on any atom is 0.419 e. The molecule has 1 aliphatic heterocycles. The van der Waals surface area contributed by atoms with Crippen molar-refractivity contribution in [2.45, 2.75) is 56.8 Å². The number of halogens is 6. The molecule has 1 saturated heterocycles. The highest BCUT2D eigenvalue weighted by Crippen LogP contribution is 2.35. The Hall–Kier alpha value is -3.74. The number of benzene rings is 2. The summed E-state index contributed by atoms with van der Waals surface area (Å²) in [6, 6.07) is 11.0. The molecular formula is C29H28BF6N4O2. The predicted octanol–water partition coefficient (Wildman–Crippen LogP) is 4.91. The number of rotatable bonds is 10. The zero-order valence-corrected chi connectivity index (χ0v) is 22.5. The number of piperidine rings is 1. The van der Waals surface area contributed by atoms with Gasteiger partial charge >= 0.3 is 12.4 Å². The van der Waals surface area contributed by atoms with Gasteiger partial charge in [0.15, 0.2) is 0 Å². The Morgan fingerprint density at radius 2 is 1.64 bits per heavy atom. The molecule has 0 bridgehead atoms. The number of aryl methyl sites for hydroxylation is 2. The van der Waals surface area contributed by atoms with E-state index in [1.807, 2.05) is 29.1 Å². The first-order valence-electron chi connectivity index (χ1n) is 13.3. The Kier molecular flexibility index (Phi) is 9.70. The lowest BCUT2D eigenvalue weighted by Crippen LogP contribution is -2.36. The molecule has 3 aromatic rings. The Morgan fingerprint density at radius 3 is 2.24 bits per heavy atom. The lowest BCUT2D eigenvalue weighted by molar-refractivity contribution is -0.139. The summed E-state index contributed by atoms with van der Waals surface area (Å²) >= 11 is 0. The molecule has 2 heterocycles. The maximum absolute atomic E-state index is 13.8. The molecule has 1 aliphatic rings. The highest BCUT2D eigenvalue weighted by molar-refractivity contribution is 6.64. The van der Waals surface area contributed by atoms with Gasteiger partial charge in [0.2, 0.25) is 5.91 Å². The van der Waals surface area contributed by atoms with Gasteiger partial charge in [0.05, 0.1) is 29.4 Å². The standard InChI is InChI=1S/C29H28BF6N4O2/c31-28(32,33)23-3-1-2-21(22(23)15-26(37)42)8-9-25-24(29(34,35)36)16-38-27(39-25)14-18-4-6-19(7-5-18)20-10-12-40(13-11-20)30-17-41/h1-7,16-17,20H,8-15H2,(H2,37,42). The van der Waals surface area contributed by atoms with E-state index in [4.69, 9.17) is 5.73 Å². The van der Waals surface area contributed by atoms with Crippen LogP contribution >= 0.6 is 0 Å². The van der Waals surface area contributed by atoms with E-state index in [2.05, 4.69) is 9.97 Å². The number of primary amides is 1. The third kappa shape index (κ3) is 7.96. The van der Waals surface area contributed by atoms with Gasteiger partial charge in [-0.3, -0.25) is 4.79 Å². The second kappa shape index (κ2) is 13.1. The van der Waals surface area contributed by atoms with Crippen molar-refractivity contribution >= 4 is 19.5 Å². The fourth-order valence-electron chi connectivity index (χ4n) is 5.30. The maximum atomic E-state index is 13.8. The molecule has 2 aromatic carbocycles. The highest BCUT2D eigenvalue weighted by Gasteiger charge is 2.36. The number of alkyl halides is 6. The van der Waals surface area contributed by atoms with Crippen LogP contribution in [0.3, 0.4) is 0 Å². The second-order valence-corrected chi connectivity index (χ2v) is 10.2. The van der Waals surface area contributed by atoms with Crippen LogP contribution in [0.5, 0.6) is 0 Å². The van der Waals surface area contributed by atoms with Gasteiger partial charge in [0.1, 0.15) is 5.82 Å². The molecule has 1 radical (unpaired) electrons. The topological polar surface area (TPSA) is 89.2 Å².